The second-order valence-electron chi connectivity index (χ2n) is 3.78. The number of aromatic nitrogens is 1. The number of ether oxygens (including phenoxy) is 2. The van der Waals surface area contributed by atoms with Crippen molar-refractivity contribution in [3.63, 3.8) is 0 Å². The van der Waals surface area contributed by atoms with E-state index in [4.69, 9.17) is 4.74 Å². The second-order valence-corrected chi connectivity index (χ2v) is 3.78. The van der Waals surface area contributed by atoms with Gasteiger partial charge in [-0.3, -0.25) is 0 Å². The van der Waals surface area contributed by atoms with Crippen LogP contribution in [0.5, 0.6) is 5.88 Å². The summed E-state index contributed by atoms with van der Waals surface area (Å²) < 4.78 is 23.3. The Morgan fingerprint density at radius 1 is 1.21 bits per heavy atom. The molecule has 98 valence electrons. The lowest BCUT2D eigenvalue weighted by Crippen LogP contribution is -2.00. The maximum atomic E-state index is 13.7. The first-order valence-corrected chi connectivity index (χ1v) is 5.54. The van der Waals surface area contributed by atoms with Crippen molar-refractivity contribution in [3.8, 4) is 17.0 Å². The number of esters is 1. The zero-order valence-corrected chi connectivity index (χ0v) is 10.5. The Labute approximate surface area is 109 Å². The van der Waals surface area contributed by atoms with Gasteiger partial charge in [0.05, 0.1) is 26.0 Å². The third-order valence-electron chi connectivity index (χ3n) is 2.66. The lowest BCUT2D eigenvalue weighted by atomic mass is 10.0. The SMILES string of the molecule is COC(=O)c1ccc(-c2cc(OC)ncc2F)cc1. The highest BCUT2D eigenvalue weighted by molar-refractivity contribution is 5.90. The van der Waals surface area contributed by atoms with Gasteiger partial charge in [-0.15, -0.1) is 0 Å². The summed E-state index contributed by atoms with van der Waals surface area (Å²) in [4.78, 5) is 15.1. The van der Waals surface area contributed by atoms with Crippen LogP contribution in [0.15, 0.2) is 36.5 Å². The van der Waals surface area contributed by atoms with Crippen LogP contribution in [-0.2, 0) is 4.74 Å². The van der Waals surface area contributed by atoms with Gasteiger partial charge in [-0.1, -0.05) is 12.1 Å². The molecular weight excluding hydrogens is 249 g/mol. The summed E-state index contributed by atoms with van der Waals surface area (Å²) in [6.07, 6.45) is 1.10. The lowest BCUT2D eigenvalue weighted by molar-refractivity contribution is 0.0601. The Morgan fingerprint density at radius 2 is 1.89 bits per heavy atom. The molecule has 1 aromatic heterocycles. The highest BCUT2D eigenvalue weighted by atomic mass is 19.1. The van der Waals surface area contributed by atoms with Gasteiger partial charge in [0.15, 0.2) is 0 Å². The van der Waals surface area contributed by atoms with E-state index in [1.165, 1.54) is 20.3 Å². The molecule has 0 aliphatic heterocycles. The predicted molar refractivity (Wildman–Crippen MR) is 67.5 cm³/mol. The number of hydrogen-bond donors (Lipinski definition) is 0. The Morgan fingerprint density at radius 3 is 2.47 bits per heavy atom. The number of benzene rings is 1. The molecule has 0 bridgehead atoms. The number of rotatable bonds is 3. The third-order valence-corrected chi connectivity index (χ3v) is 2.66. The minimum atomic E-state index is -0.452. The topological polar surface area (TPSA) is 48.4 Å². The molecule has 0 atom stereocenters. The molecule has 4 nitrogen and oxygen atoms in total. The van der Waals surface area contributed by atoms with Gasteiger partial charge in [-0.2, -0.15) is 0 Å². The van der Waals surface area contributed by atoms with E-state index >= 15 is 0 Å². The number of halogens is 1. The summed E-state index contributed by atoms with van der Waals surface area (Å²) in [6.45, 7) is 0. The zero-order valence-electron chi connectivity index (χ0n) is 10.5. The van der Waals surface area contributed by atoms with Gasteiger partial charge < -0.3 is 9.47 Å². The first-order chi connectivity index (χ1) is 9.15. The van der Waals surface area contributed by atoms with E-state index in [1.807, 2.05) is 0 Å². The largest absolute Gasteiger partial charge is 0.481 e. The quantitative estimate of drug-likeness (QED) is 0.797. The monoisotopic (exact) mass is 261 g/mol. The number of nitrogens with zero attached hydrogens (tertiary/aromatic N) is 1. The number of hydrogen-bond acceptors (Lipinski definition) is 4. The van der Waals surface area contributed by atoms with E-state index in [-0.39, 0.29) is 0 Å². The maximum Gasteiger partial charge on any atom is 0.337 e. The molecule has 0 amide bonds. The van der Waals surface area contributed by atoms with E-state index in [0.717, 1.165) is 6.20 Å². The summed E-state index contributed by atoms with van der Waals surface area (Å²) in [5.74, 6) is -0.556. The fraction of sp³-hybridized carbons (Fsp3) is 0.143. The molecule has 0 saturated heterocycles. The van der Waals surface area contributed by atoms with Crippen molar-refractivity contribution in [2.45, 2.75) is 0 Å². The maximum absolute atomic E-state index is 13.7. The van der Waals surface area contributed by atoms with Gasteiger partial charge in [0.1, 0.15) is 5.82 Å². The van der Waals surface area contributed by atoms with Crippen LogP contribution >= 0.6 is 0 Å². The molecular formula is C14H12FNO3. The third kappa shape index (κ3) is 2.70. The van der Waals surface area contributed by atoms with Gasteiger partial charge in [0, 0.05) is 11.6 Å². The first-order valence-electron chi connectivity index (χ1n) is 5.54. The van der Waals surface area contributed by atoms with Crippen molar-refractivity contribution in [2.75, 3.05) is 14.2 Å². The van der Waals surface area contributed by atoms with Gasteiger partial charge >= 0.3 is 5.97 Å². The molecule has 0 aliphatic rings. The lowest BCUT2D eigenvalue weighted by Gasteiger charge is -2.06. The molecule has 0 radical (unpaired) electrons. The van der Waals surface area contributed by atoms with Crippen LogP contribution in [0.1, 0.15) is 10.4 Å². The summed E-state index contributed by atoms with van der Waals surface area (Å²) in [7, 11) is 2.77. The van der Waals surface area contributed by atoms with Gasteiger partial charge in [-0.25, -0.2) is 14.2 Å². The molecule has 0 spiro atoms. The highest BCUT2D eigenvalue weighted by Crippen LogP contribution is 2.25. The van der Waals surface area contributed by atoms with Crippen LogP contribution in [0, 0.1) is 5.82 Å². The molecule has 2 aromatic rings. The highest BCUT2D eigenvalue weighted by Gasteiger charge is 2.10. The summed E-state index contributed by atoms with van der Waals surface area (Å²) in [5.41, 5.74) is 1.40. The summed E-state index contributed by atoms with van der Waals surface area (Å²) >= 11 is 0. The van der Waals surface area contributed by atoms with Gasteiger partial charge in [0.2, 0.25) is 5.88 Å². The van der Waals surface area contributed by atoms with Crippen molar-refractivity contribution in [1.29, 1.82) is 0 Å². The minimum Gasteiger partial charge on any atom is -0.481 e. The Hall–Kier alpha value is -2.43. The normalized spacial score (nSPS) is 10.1. The fourth-order valence-electron chi connectivity index (χ4n) is 1.66. The number of carbonyl (C=O) groups is 1. The van der Waals surface area contributed by atoms with Crippen LogP contribution in [-0.4, -0.2) is 25.2 Å². The molecule has 5 heteroatoms. The fourth-order valence-corrected chi connectivity index (χ4v) is 1.66. The second kappa shape index (κ2) is 5.48. The molecule has 2 rings (SSSR count). The van der Waals surface area contributed by atoms with E-state index < -0.39 is 11.8 Å². The molecule has 0 N–H and O–H groups in total. The van der Waals surface area contributed by atoms with Crippen molar-refractivity contribution < 1.29 is 18.7 Å². The van der Waals surface area contributed by atoms with E-state index in [1.54, 1.807) is 24.3 Å². The Balaban J connectivity index is 2.39. The molecule has 1 heterocycles. The van der Waals surface area contributed by atoms with Crippen LogP contribution < -0.4 is 4.74 Å². The van der Waals surface area contributed by atoms with E-state index in [9.17, 15) is 9.18 Å². The Bertz CT molecular complexity index is 596. The van der Waals surface area contributed by atoms with Crippen molar-refractivity contribution >= 4 is 5.97 Å². The van der Waals surface area contributed by atoms with E-state index in [0.29, 0.717) is 22.6 Å². The van der Waals surface area contributed by atoms with Crippen LogP contribution in [0.2, 0.25) is 0 Å². The minimum absolute atomic E-state index is 0.327. The molecule has 0 saturated carbocycles. The predicted octanol–water partition coefficient (Wildman–Crippen LogP) is 2.68. The molecule has 0 aliphatic carbocycles. The Kier molecular flexibility index (Phi) is 3.75. The van der Waals surface area contributed by atoms with Crippen LogP contribution in [0.25, 0.3) is 11.1 Å². The van der Waals surface area contributed by atoms with Gasteiger partial charge in [0.25, 0.3) is 0 Å². The van der Waals surface area contributed by atoms with Crippen molar-refractivity contribution in [1.82, 2.24) is 4.98 Å². The van der Waals surface area contributed by atoms with Crippen molar-refractivity contribution in [3.05, 3.63) is 47.9 Å². The molecule has 1 aromatic carbocycles. The van der Waals surface area contributed by atoms with Gasteiger partial charge in [-0.05, 0) is 17.7 Å². The summed E-state index contributed by atoms with van der Waals surface area (Å²) in [5, 5.41) is 0. The molecule has 0 unspecified atom stereocenters. The first kappa shape index (κ1) is 13.0. The summed E-state index contributed by atoms with van der Waals surface area (Å²) in [6, 6.07) is 7.94. The average molecular weight is 261 g/mol. The van der Waals surface area contributed by atoms with Crippen LogP contribution in [0.4, 0.5) is 4.39 Å². The molecule has 0 fully saturated rings. The van der Waals surface area contributed by atoms with E-state index in [2.05, 4.69) is 9.72 Å². The zero-order chi connectivity index (χ0) is 13.8. The standard InChI is InChI=1S/C14H12FNO3/c1-18-13-7-11(12(15)8-16-13)9-3-5-10(6-4-9)14(17)19-2/h3-8H,1-2H3. The number of methoxy groups -OCH3 is 2. The number of carbonyl (C=O) groups excluding carboxylic acids is 1. The molecule has 19 heavy (non-hydrogen) atoms. The smallest absolute Gasteiger partial charge is 0.337 e. The van der Waals surface area contributed by atoms with Crippen LogP contribution in [0.3, 0.4) is 0 Å². The van der Waals surface area contributed by atoms with Crippen molar-refractivity contribution in [2.24, 2.45) is 0 Å². The average Bonchev–Trinajstić information content (AvgIpc) is 2.47. The number of pyridine rings is 1.